The molecule has 0 unspecified atom stereocenters. The van der Waals surface area contributed by atoms with Crippen molar-refractivity contribution in [3.8, 4) is 11.6 Å². The van der Waals surface area contributed by atoms with Gasteiger partial charge in [-0.3, -0.25) is 0 Å². The van der Waals surface area contributed by atoms with Gasteiger partial charge >= 0.3 is 0 Å². The lowest BCUT2D eigenvalue weighted by atomic mass is 10.3. The van der Waals surface area contributed by atoms with Gasteiger partial charge in [0, 0.05) is 12.3 Å². The summed E-state index contributed by atoms with van der Waals surface area (Å²) < 4.78 is 6.32. The molecule has 5 heteroatoms. The maximum Gasteiger partial charge on any atom is 0.233 e. The second-order valence-electron chi connectivity index (χ2n) is 2.97. The van der Waals surface area contributed by atoms with Crippen LogP contribution in [0, 0.1) is 0 Å². The Hall–Kier alpha value is -0.770. The molecule has 0 aliphatic heterocycles. The highest BCUT2D eigenvalue weighted by atomic mass is 79.9. The van der Waals surface area contributed by atoms with Crippen molar-refractivity contribution in [2.75, 3.05) is 0 Å². The molecule has 0 aliphatic carbocycles. The van der Waals surface area contributed by atoms with Gasteiger partial charge in [-0.2, -0.15) is 0 Å². The molecule has 0 fully saturated rings. The third kappa shape index (κ3) is 2.67. The van der Waals surface area contributed by atoms with Crippen molar-refractivity contribution in [1.82, 2.24) is 4.98 Å². The van der Waals surface area contributed by atoms with Gasteiger partial charge in [0.15, 0.2) is 0 Å². The first-order valence-corrected chi connectivity index (χ1v) is 5.95. The number of hydrogen-bond acceptors (Lipinski definition) is 2. The maximum atomic E-state index is 5.88. The first-order valence-electron chi connectivity index (χ1n) is 4.40. The first kappa shape index (κ1) is 11.7. The minimum absolute atomic E-state index is 0.450. The van der Waals surface area contributed by atoms with Crippen molar-refractivity contribution >= 4 is 39.1 Å². The SMILES string of the molecule is Clc1ccc(Oc2ncccc2Br)cc1Cl. The van der Waals surface area contributed by atoms with Crippen LogP contribution in [0.25, 0.3) is 0 Å². The smallest absolute Gasteiger partial charge is 0.233 e. The number of benzene rings is 1. The predicted molar refractivity (Wildman–Crippen MR) is 68.5 cm³/mol. The van der Waals surface area contributed by atoms with Crippen molar-refractivity contribution in [2.24, 2.45) is 0 Å². The maximum absolute atomic E-state index is 5.88. The van der Waals surface area contributed by atoms with Gasteiger partial charge in [-0.15, -0.1) is 0 Å². The molecule has 16 heavy (non-hydrogen) atoms. The number of rotatable bonds is 2. The van der Waals surface area contributed by atoms with Gasteiger partial charge in [0.05, 0.1) is 14.5 Å². The highest BCUT2D eigenvalue weighted by Crippen LogP contribution is 2.31. The van der Waals surface area contributed by atoms with E-state index in [1.54, 1.807) is 24.4 Å². The lowest BCUT2D eigenvalue weighted by Crippen LogP contribution is -1.88. The highest BCUT2D eigenvalue weighted by molar-refractivity contribution is 9.10. The van der Waals surface area contributed by atoms with Gasteiger partial charge in [-0.1, -0.05) is 23.2 Å². The standard InChI is InChI=1S/C11H6BrCl2NO/c12-8-2-1-5-15-11(8)16-7-3-4-9(13)10(14)6-7/h1-6H. The fraction of sp³-hybridized carbons (Fsp3) is 0. The minimum Gasteiger partial charge on any atom is -0.438 e. The largest absolute Gasteiger partial charge is 0.438 e. The summed E-state index contributed by atoms with van der Waals surface area (Å²) in [5, 5.41) is 0.945. The molecular weight excluding hydrogens is 313 g/mol. The van der Waals surface area contributed by atoms with Crippen LogP contribution in [0.3, 0.4) is 0 Å². The molecule has 0 saturated heterocycles. The van der Waals surface area contributed by atoms with E-state index in [0.29, 0.717) is 21.7 Å². The summed E-state index contributed by atoms with van der Waals surface area (Å²) in [5.74, 6) is 1.08. The van der Waals surface area contributed by atoms with Gasteiger partial charge in [-0.05, 0) is 40.2 Å². The molecule has 1 aromatic carbocycles. The topological polar surface area (TPSA) is 22.1 Å². The zero-order valence-electron chi connectivity index (χ0n) is 7.95. The summed E-state index contributed by atoms with van der Waals surface area (Å²) in [6.07, 6.45) is 1.65. The number of pyridine rings is 1. The van der Waals surface area contributed by atoms with Gasteiger partial charge < -0.3 is 4.74 Å². The van der Waals surface area contributed by atoms with E-state index in [4.69, 9.17) is 27.9 Å². The molecule has 1 heterocycles. The zero-order chi connectivity index (χ0) is 11.5. The third-order valence-electron chi connectivity index (χ3n) is 1.83. The molecule has 0 spiro atoms. The molecule has 1 aromatic heterocycles. The molecule has 0 aliphatic rings. The Morgan fingerprint density at radius 3 is 2.62 bits per heavy atom. The number of aromatic nitrogens is 1. The van der Waals surface area contributed by atoms with Crippen molar-refractivity contribution in [1.29, 1.82) is 0 Å². The van der Waals surface area contributed by atoms with Crippen LogP contribution in [0.5, 0.6) is 11.6 Å². The number of halogens is 3. The van der Waals surface area contributed by atoms with E-state index in [-0.39, 0.29) is 0 Å². The average molecular weight is 319 g/mol. The number of ether oxygens (including phenoxy) is 1. The van der Waals surface area contributed by atoms with Crippen LogP contribution in [0.4, 0.5) is 0 Å². The molecule has 2 nitrogen and oxygen atoms in total. The molecule has 0 saturated carbocycles. The number of nitrogens with zero attached hydrogens (tertiary/aromatic N) is 1. The third-order valence-corrected chi connectivity index (χ3v) is 3.17. The molecule has 0 N–H and O–H groups in total. The summed E-state index contributed by atoms with van der Waals surface area (Å²) in [6.45, 7) is 0. The first-order chi connectivity index (χ1) is 7.66. The normalized spacial score (nSPS) is 10.2. The summed E-state index contributed by atoms with van der Waals surface area (Å²) in [4.78, 5) is 4.08. The average Bonchev–Trinajstić information content (AvgIpc) is 2.27. The van der Waals surface area contributed by atoms with Crippen LogP contribution < -0.4 is 4.74 Å². The summed E-state index contributed by atoms with van der Waals surface area (Å²) >= 11 is 15.0. The van der Waals surface area contributed by atoms with Crippen molar-refractivity contribution in [3.63, 3.8) is 0 Å². The zero-order valence-corrected chi connectivity index (χ0v) is 11.1. The van der Waals surface area contributed by atoms with E-state index >= 15 is 0 Å². The second kappa shape index (κ2) is 5.04. The van der Waals surface area contributed by atoms with Crippen molar-refractivity contribution in [2.45, 2.75) is 0 Å². The fourth-order valence-corrected chi connectivity index (χ4v) is 1.72. The van der Waals surface area contributed by atoms with Crippen LogP contribution in [0.1, 0.15) is 0 Å². The highest BCUT2D eigenvalue weighted by Gasteiger charge is 2.05. The lowest BCUT2D eigenvalue weighted by Gasteiger charge is -2.06. The molecule has 0 atom stereocenters. The minimum atomic E-state index is 0.450. The predicted octanol–water partition coefficient (Wildman–Crippen LogP) is 4.94. The molecule has 82 valence electrons. The van der Waals surface area contributed by atoms with Crippen LogP contribution in [0.2, 0.25) is 10.0 Å². The molecule has 2 aromatic rings. The Labute approximate surface area is 111 Å². The van der Waals surface area contributed by atoms with Crippen molar-refractivity contribution in [3.05, 3.63) is 51.0 Å². The molecule has 0 amide bonds. The Morgan fingerprint density at radius 1 is 1.12 bits per heavy atom. The Kier molecular flexibility index (Phi) is 3.69. The summed E-state index contributed by atoms with van der Waals surface area (Å²) in [5.41, 5.74) is 0. The van der Waals surface area contributed by atoms with Crippen LogP contribution in [-0.2, 0) is 0 Å². The van der Waals surface area contributed by atoms with Crippen LogP contribution in [0.15, 0.2) is 41.0 Å². The van der Waals surface area contributed by atoms with E-state index in [1.165, 1.54) is 0 Å². The van der Waals surface area contributed by atoms with Gasteiger partial charge in [0.2, 0.25) is 5.88 Å². The lowest BCUT2D eigenvalue weighted by molar-refractivity contribution is 0.460. The quantitative estimate of drug-likeness (QED) is 0.782. The summed E-state index contributed by atoms with van der Waals surface area (Å²) in [7, 11) is 0. The van der Waals surface area contributed by atoms with E-state index in [0.717, 1.165) is 4.47 Å². The Bertz CT molecular complexity index is 519. The molecule has 2 rings (SSSR count). The van der Waals surface area contributed by atoms with Gasteiger partial charge in [0.1, 0.15) is 5.75 Å². The van der Waals surface area contributed by atoms with E-state index in [1.807, 2.05) is 12.1 Å². The van der Waals surface area contributed by atoms with Crippen LogP contribution >= 0.6 is 39.1 Å². The fourth-order valence-electron chi connectivity index (χ4n) is 1.10. The van der Waals surface area contributed by atoms with Crippen LogP contribution in [-0.4, -0.2) is 4.98 Å². The van der Waals surface area contributed by atoms with E-state index < -0.39 is 0 Å². The van der Waals surface area contributed by atoms with Gasteiger partial charge in [-0.25, -0.2) is 4.98 Å². The van der Waals surface area contributed by atoms with E-state index in [2.05, 4.69) is 20.9 Å². The number of hydrogen-bond donors (Lipinski definition) is 0. The monoisotopic (exact) mass is 317 g/mol. The summed E-state index contributed by atoms with van der Waals surface area (Å²) in [6, 6.07) is 8.71. The van der Waals surface area contributed by atoms with Crippen molar-refractivity contribution < 1.29 is 4.74 Å². The Balaban J connectivity index is 2.28. The molecule has 0 bridgehead atoms. The van der Waals surface area contributed by atoms with Gasteiger partial charge in [0.25, 0.3) is 0 Å². The second-order valence-corrected chi connectivity index (χ2v) is 4.64. The van der Waals surface area contributed by atoms with E-state index in [9.17, 15) is 0 Å². The molecule has 0 radical (unpaired) electrons. The molecular formula is C11H6BrCl2NO. The Morgan fingerprint density at radius 2 is 1.94 bits per heavy atom.